The Bertz CT molecular complexity index is 448. The number of carbonyl (C=O) groups excluding carboxylic acids is 1. The summed E-state index contributed by atoms with van der Waals surface area (Å²) in [6.45, 7) is 10.1. The highest BCUT2D eigenvalue weighted by Gasteiger charge is 2.12. The van der Waals surface area contributed by atoms with E-state index in [0.717, 1.165) is 37.4 Å². The second-order valence-corrected chi connectivity index (χ2v) is 5.88. The molecule has 0 saturated carbocycles. The van der Waals surface area contributed by atoms with Gasteiger partial charge >= 0.3 is 0 Å². The summed E-state index contributed by atoms with van der Waals surface area (Å²) in [5.41, 5.74) is 1.86. The minimum absolute atomic E-state index is 0.116. The number of rotatable bonds is 7. The number of hydrogen-bond acceptors (Lipinski definition) is 3. The minimum Gasteiger partial charge on any atom is -0.384 e. The third kappa shape index (κ3) is 4.73. The lowest BCUT2D eigenvalue weighted by Crippen LogP contribution is -2.33. The Kier molecular flexibility index (Phi) is 6.72. The van der Waals surface area contributed by atoms with Crippen LogP contribution in [0.5, 0.6) is 0 Å². The van der Waals surface area contributed by atoms with E-state index in [1.807, 2.05) is 43.0 Å². The smallest absolute Gasteiger partial charge is 0.253 e. The van der Waals surface area contributed by atoms with Gasteiger partial charge in [-0.05, 0) is 64.0 Å². The second-order valence-electron chi connectivity index (χ2n) is 5.88. The molecule has 122 valence electrons. The van der Waals surface area contributed by atoms with Crippen molar-refractivity contribution in [3.05, 3.63) is 29.8 Å². The highest BCUT2D eigenvalue weighted by molar-refractivity contribution is 5.94. The van der Waals surface area contributed by atoms with E-state index in [1.54, 1.807) is 0 Å². The molecule has 1 fully saturated rings. The van der Waals surface area contributed by atoms with Crippen LogP contribution in [-0.4, -0.2) is 55.0 Å². The largest absolute Gasteiger partial charge is 0.384 e. The molecule has 4 nitrogen and oxygen atoms in total. The molecule has 1 saturated heterocycles. The maximum Gasteiger partial charge on any atom is 0.253 e. The van der Waals surface area contributed by atoms with Gasteiger partial charge in [0.05, 0.1) is 0 Å². The van der Waals surface area contributed by atoms with Crippen LogP contribution in [0.2, 0.25) is 0 Å². The SMILES string of the molecule is CCN(CC)C(=O)c1ccc(NCCN2CCCCC2)cc1. The normalized spacial score (nSPS) is 15.5. The van der Waals surface area contributed by atoms with Crippen molar-refractivity contribution >= 4 is 11.6 Å². The van der Waals surface area contributed by atoms with E-state index in [4.69, 9.17) is 0 Å². The lowest BCUT2D eigenvalue weighted by Gasteiger charge is -2.26. The van der Waals surface area contributed by atoms with E-state index in [9.17, 15) is 4.79 Å². The number of hydrogen-bond donors (Lipinski definition) is 1. The van der Waals surface area contributed by atoms with Gasteiger partial charge in [0, 0.05) is 37.4 Å². The van der Waals surface area contributed by atoms with E-state index in [1.165, 1.54) is 32.4 Å². The highest BCUT2D eigenvalue weighted by Crippen LogP contribution is 2.12. The zero-order chi connectivity index (χ0) is 15.8. The number of anilines is 1. The number of piperidine rings is 1. The molecule has 22 heavy (non-hydrogen) atoms. The van der Waals surface area contributed by atoms with Crippen LogP contribution in [0.25, 0.3) is 0 Å². The first-order valence-corrected chi connectivity index (χ1v) is 8.60. The fraction of sp³-hybridized carbons (Fsp3) is 0.611. The summed E-state index contributed by atoms with van der Waals surface area (Å²) in [5, 5.41) is 3.45. The van der Waals surface area contributed by atoms with Crippen LogP contribution in [-0.2, 0) is 0 Å². The predicted molar refractivity (Wildman–Crippen MR) is 92.5 cm³/mol. The Morgan fingerprint density at radius 2 is 1.73 bits per heavy atom. The minimum atomic E-state index is 0.116. The van der Waals surface area contributed by atoms with Gasteiger partial charge in [0.2, 0.25) is 0 Å². The summed E-state index contributed by atoms with van der Waals surface area (Å²) in [7, 11) is 0. The highest BCUT2D eigenvalue weighted by atomic mass is 16.2. The van der Waals surface area contributed by atoms with Gasteiger partial charge < -0.3 is 15.1 Å². The summed E-state index contributed by atoms with van der Waals surface area (Å²) in [4.78, 5) is 16.6. The molecular formula is C18H29N3O. The topological polar surface area (TPSA) is 35.6 Å². The Labute approximate surface area is 134 Å². The molecule has 1 aromatic rings. The van der Waals surface area contributed by atoms with E-state index in [0.29, 0.717) is 0 Å². The molecule has 1 heterocycles. The standard InChI is InChI=1S/C18H29N3O/c1-3-21(4-2)18(22)16-8-10-17(11-9-16)19-12-15-20-13-6-5-7-14-20/h8-11,19H,3-7,12-15H2,1-2H3. The molecule has 1 aliphatic heterocycles. The van der Waals surface area contributed by atoms with Gasteiger partial charge in [-0.15, -0.1) is 0 Å². The van der Waals surface area contributed by atoms with E-state index < -0.39 is 0 Å². The predicted octanol–water partition coefficient (Wildman–Crippen LogP) is 3.07. The van der Waals surface area contributed by atoms with Crippen LogP contribution in [0.1, 0.15) is 43.5 Å². The first-order chi connectivity index (χ1) is 10.7. The maximum atomic E-state index is 12.2. The van der Waals surface area contributed by atoms with Crippen molar-refractivity contribution in [1.82, 2.24) is 9.80 Å². The molecule has 0 spiro atoms. The van der Waals surface area contributed by atoms with Gasteiger partial charge in [0.1, 0.15) is 0 Å². The molecule has 1 N–H and O–H groups in total. The third-order valence-electron chi connectivity index (χ3n) is 4.39. The molecule has 0 aromatic heterocycles. The molecular weight excluding hydrogens is 274 g/mol. The quantitative estimate of drug-likeness (QED) is 0.841. The maximum absolute atomic E-state index is 12.2. The van der Waals surface area contributed by atoms with Crippen LogP contribution in [0.4, 0.5) is 5.69 Å². The molecule has 1 amide bonds. The summed E-state index contributed by atoms with van der Waals surface area (Å²) < 4.78 is 0. The van der Waals surface area contributed by atoms with Crippen LogP contribution in [0.15, 0.2) is 24.3 Å². The molecule has 1 aromatic carbocycles. The lowest BCUT2D eigenvalue weighted by atomic mass is 10.1. The van der Waals surface area contributed by atoms with Crippen LogP contribution >= 0.6 is 0 Å². The Morgan fingerprint density at radius 3 is 2.32 bits per heavy atom. The van der Waals surface area contributed by atoms with Gasteiger partial charge in [0.15, 0.2) is 0 Å². The van der Waals surface area contributed by atoms with Crippen molar-refractivity contribution < 1.29 is 4.79 Å². The number of likely N-dealkylation sites (tertiary alicyclic amines) is 1. The van der Waals surface area contributed by atoms with Crippen molar-refractivity contribution in [1.29, 1.82) is 0 Å². The van der Waals surface area contributed by atoms with Gasteiger partial charge in [0.25, 0.3) is 5.91 Å². The van der Waals surface area contributed by atoms with Crippen molar-refractivity contribution in [3.63, 3.8) is 0 Å². The second kappa shape index (κ2) is 8.79. The van der Waals surface area contributed by atoms with Gasteiger partial charge in [-0.2, -0.15) is 0 Å². The van der Waals surface area contributed by atoms with Crippen LogP contribution in [0.3, 0.4) is 0 Å². The molecule has 0 unspecified atom stereocenters. The molecule has 0 bridgehead atoms. The van der Waals surface area contributed by atoms with Crippen molar-refractivity contribution in [3.8, 4) is 0 Å². The van der Waals surface area contributed by atoms with E-state index >= 15 is 0 Å². The average Bonchev–Trinajstić information content (AvgIpc) is 2.57. The Morgan fingerprint density at radius 1 is 1.09 bits per heavy atom. The number of carbonyl (C=O) groups is 1. The number of amides is 1. The van der Waals surface area contributed by atoms with Gasteiger partial charge in [-0.1, -0.05) is 6.42 Å². The van der Waals surface area contributed by atoms with E-state index in [2.05, 4.69) is 10.2 Å². The summed E-state index contributed by atoms with van der Waals surface area (Å²) in [6, 6.07) is 7.85. The molecule has 2 rings (SSSR count). The van der Waals surface area contributed by atoms with E-state index in [-0.39, 0.29) is 5.91 Å². The number of nitrogens with one attached hydrogen (secondary N) is 1. The lowest BCUT2D eigenvalue weighted by molar-refractivity contribution is 0.0773. The summed E-state index contributed by atoms with van der Waals surface area (Å²) >= 11 is 0. The zero-order valence-corrected chi connectivity index (χ0v) is 14.0. The first-order valence-electron chi connectivity index (χ1n) is 8.60. The Hall–Kier alpha value is -1.55. The van der Waals surface area contributed by atoms with Crippen molar-refractivity contribution in [2.75, 3.05) is 44.6 Å². The van der Waals surface area contributed by atoms with Crippen LogP contribution in [0, 0.1) is 0 Å². The van der Waals surface area contributed by atoms with Gasteiger partial charge in [-0.25, -0.2) is 0 Å². The number of benzene rings is 1. The van der Waals surface area contributed by atoms with Crippen molar-refractivity contribution in [2.24, 2.45) is 0 Å². The van der Waals surface area contributed by atoms with Crippen molar-refractivity contribution in [2.45, 2.75) is 33.1 Å². The summed E-state index contributed by atoms with van der Waals surface area (Å²) in [5.74, 6) is 0.116. The van der Waals surface area contributed by atoms with Gasteiger partial charge in [-0.3, -0.25) is 4.79 Å². The molecule has 0 radical (unpaired) electrons. The summed E-state index contributed by atoms with van der Waals surface area (Å²) in [6.07, 6.45) is 4.05. The average molecular weight is 303 g/mol. The van der Waals surface area contributed by atoms with Crippen LogP contribution < -0.4 is 5.32 Å². The molecule has 4 heteroatoms. The third-order valence-corrected chi connectivity index (χ3v) is 4.39. The zero-order valence-electron chi connectivity index (χ0n) is 14.0. The first kappa shape index (κ1) is 16.8. The fourth-order valence-electron chi connectivity index (χ4n) is 2.97. The molecule has 1 aliphatic rings. The fourth-order valence-corrected chi connectivity index (χ4v) is 2.97. The monoisotopic (exact) mass is 303 g/mol. The molecule has 0 aliphatic carbocycles. The molecule has 0 atom stereocenters. The number of nitrogens with zero attached hydrogens (tertiary/aromatic N) is 2. The Balaban J connectivity index is 1.80.